The van der Waals surface area contributed by atoms with Crippen molar-refractivity contribution in [3.05, 3.63) is 36.0 Å². The van der Waals surface area contributed by atoms with E-state index in [2.05, 4.69) is 18.7 Å². The van der Waals surface area contributed by atoms with Gasteiger partial charge in [0, 0.05) is 5.92 Å². The molecule has 0 saturated heterocycles. The van der Waals surface area contributed by atoms with Gasteiger partial charge in [-0.2, -0.15) is 0 Å². The zero-order chi connectivity index (χ0) is 15.6. The van der Waals surface area contributed by atoms with Gasteiger partial charge in [-0.25, -0.2) is 0 Å². The van der Waals surface area contributed by atoms with Gasteiger partial charge in [-0.1, -0.05) is 37.3 Å². The predicted molar refractivity (Wildman–Crippen MR) is 79.3 cm³/mol. The zero-order valence-electron chi connectivity index (χ0n) is 12.8. The largest absolute Gasteiger partial charge is 0.468 e. The molecule has 21 heavy (non-hydrogen) atoms. The van der Waals surface area contributed by atoms with Gasteiger partial charge in [0.15, 0.2) is 5.41 Å². The van der Waals surface area contributed by atoms with Crippen LogP contribution in [0.4, 0.5) is 0 Å². The van der Waals surface area contributed by atoms with Crippen LogP contribution in [0, 0.1) is 17.3 Å². The van der Waals surface area contributed by atoms with Crippen LogP contribution in [0.1, 0.15) is 26.2 Å². The van der Waals surface area contributed by atoms with Crippen LogP contribution in [0.15, 0.2) is 36.0 Å². The maximum atomic E-state index is 12.4. The lowest BCUT2D eigenvalue weighted by molar-refractivity contribution is -0.169. The second-order valence-corrected chi connectivity index (χ2v) is 5.55. The van der Waals surface area contributed by atoms with Crippen molar-refractivity contribution in [1.82, 2.24) is 0 Å². The Bertz CT molecular complexity index is 511. The molecule has 2 aliphatic rings. The molecule has 4 heteroatoms. The fraction of sp³-hybridized carbons (Fsp3) is 0.529. The molecule has 0 N–H and O–H groups in total. The molecule has 0 bridgehead atoms. The van der Waals surface area contributed by atoms with Crippen LogP contribution in [0.5, 0.6) is 0 Å². The number of hydrogen-bond donors (Lipinski definition) is 0. The van der Waals surface area contributed by atoms with E-state index in [1.54, 1.807) is 6.08 Å². The summed E-state index contributed by atoms with van der Waals surface area (Å²) in [6.45, 7) is 6.09. The molecule has 0 radical (unpaired) electrons. The molecule has 0 aromatic carbocycles. The van der Waals surface area contributed by atoms with E-state index < -0.39 is 17.4 Å². The van der Waals surface area contributed by atoms with Crippen LogP contribution in [0.2, 0.25) is 0 Å². The number of ether oxygens (including phenoxy) is 2. The van der Waals surface area contributed by atoms with E-state index in [1.165, 1.54) is 14.2 Å². The van der Waals surface area contributed by atoms with E-state index in [4.69, 9.17) is 9.47 Å². The third-order valence-electron chi connectivity index (χ3n) is 4.63. The summed E-state index contributed by atoms with van der Waals surface area (Å²) in [5.41, 5.74) is 0.576. The van der Waals surface area contributed by atoms with E-state index in [0.717, 1.165) is 30.4 Å². The molecule has 0 heterocycles. The fourth-order valence-corrected chi connectivity index (χ4v) is 3.50. The van der Waals surface area contributed by atoms with Gasteiger partial charge in [0.2, 0.25) is 0 Å². The minimum Gasteiger partial charge on any atom is -0.468 e. The van der Waals surface area contributed by atoms with Gasteiger partial charge in [-0.15, -0.1) is 0 Å². The molecule has 2 atom stereocenters. The second-order valence-electron chi connectivity index (χ2n) is 5.55. The highest BCUT2D eigenvalue weighted by atomic mass is 16.5. The summed E-state index contributed by atoms with van der Waals surface area (Å²) in [5.74, 6) is -1.21. The minimum atomic E-state index is -1.34. The first-order valence-corrected chi connectivity index (χ1v) is 7.27. The van der Waals surface area contributed by atoms with Crippen LogP contribution < -0.4 is 0 Å². The van der Waals surface area contributed by atoms with Crippen LogP contribution in [-0.2, 0) is 19.1 Å². The third kappa shape index (κ3) is 2.23. The van der Waals surface area contributed by atoms with Gasteiger partial charge >= 0.3 is 11.9 Å². The van der Waals surface area contributed by atoms with Crippen molar-refractivity contribution < 1.29 is 19.1 Å². The van der Waals surface area contributed by atoms with E-state index in [9.17, 15) is 9.59 Å². The number of esters is 2. The van der Waals surface area contributed by atoms with Crippen molar-refractivity contribution in [2.75, 3.05) is 14.2 Å². The number of carbonyl (C=O) groups is 2. The molecule has 0 aromatic rings. The Kier molecular flexibility index (Phi) is 4.35. The van der Waals surface area contributed by atoms with E-state index in [0.29, 0.717) is 0 Å². The predicted octanol–water partition coefficient (Wildman–Crippen LogP) is 2.81. The zero-order valence-corrected chi connectivity index (χ0v) is 12.8. The number of hydrogen-bond acceptors (Lipinski definition) is 4. The standard InChI is InChI=1S/C17H22O4/c1-5-11(2)13-10-17(15(18)20-3,16(19)21-4)14-9-7-6-8-12(13)14/h6,8,10,12,14H,2,5,7,9H2,1,3-4H3/t12-,14-/m1/s1. The Morgan fingerprint density at radius 1 is 1.33 bits per heavy atom. The smallest absolute Gasteiger partial charge is 0.327 e. The van der Waals surface area contributed by atoms with Crippen LogP contribution in [0.3, 0.4) is 0 Å². The van der Waals surface area contributed by atoms with Crippen molar-refractivity contribution in [1.29, 1.82) is 0 Å². The van der Waals surface area contributed by atoms with Crippen LogP contribution in [-0.4, -0.2) is 26.2 Å². The monoisotopic (exact) mass is 290 g/mol. The van der Waals surface area contributed by atoms with Crippen molar-refractivity contribution in [2.24, 2.45) is 17.3 Å². The van der Waals surface area contributed by atoms with Gasteiger partial charge in [0.05, 0.1) is 14.2 Å². The average Bonchev–Trinajstić information content (AvgIpc) is 2.89. The molecular weight excluding hydrogens is 268 g/mol. The lowest BCUT2D eigenvalue weighted by Gasteiger charge is -2.33. The molecule has 4 nitrogen and oxygen atoms in total. The van der Waals surface area contributed by atoms with Crippen molar-refractivity contribution in [3.63, 3.8) is 0 Å². The van der Waals surface area contributed by atoms with Gasteiger partial charge in [-0.05, 0) is 30.8 Å². The summed E-state index contributed by atoms with van der Waals surface area (Å²) in [4.78, 5) is 24.9. The van der Waals surface area contributed by atoms with Crippen LogP contribution in [0.25, 0.3) is 0 Å². The Morgan fingerprint density at radius 3 is 2.48 bits per heavy atom. The van der Waals surface area contributed by atoms with Gasteiger partial charge < -0.3 is 9.47 Å². The molecule has 114 valence electrons. The molecule has 0 spiro atoms. The normalized spacial score (nSPS) is 25.8. The second kappa shape index (κ2) is 5.88. The molecule has 2 aliphatic carbocycles. The molecule has 0 amide bonds. The summed E-state index contributed by atoms with van der Waals surface area (Å²) in [6, 6.07) is 0. The molecule has 0 saturated carbocycles. The van der Waals surface area contributed by atoms with E-state index in [1.807, 2.05) is 6.92 Å². The average molecular weight is 290 g/mol. The maximum absolute atomic E-state index is 12.4. The molecule has 0 aliphatic heterocycles. The Hall–Kier alpha value is -1.84. The van der Waals surface area contributed by atoms with Gasteiger partial charge in [-0.3, -0.25) is 9.59 Å². The third-order valence-corrected chi connectivity index (χ3v) is 4.63. The lowest BCUT2D eigenvalue weighted by Crippen LogP contribution is -2.45. The van der Waals surface area contributed by atoms with Gasteiger partial charge in [0.1, 0.15) is 0 Å². The SMILES string of the molecule is C=C(CC)C1=CC(C(=O)OC)(C(=O)OC)[C@@H]2CCC=C[C@H]12. The summed E-state index contributed by atoms with van der Waals surface area (Å²) in [7, 11) is 2.61. The molecule has 0 aromatic heterocycles. The number of methoxy groups -OCH3 is 2. The maximum Gasteiger partial charge on any atom is 0.327 e. The number of allylic oxidation sites excluding steroid dienone is 4. The van der Waals surface area contributed by atoms with E-state index in [-0.39, 0.29) is 11.8 Å². The molecule has 2 rings (SSSR count). The van der Waals surface area contributed by atoms with Gasteiger partial charge in [0.25, 0.3) is 0 Å². The first kappa shape index (κ1) is 15.5. The molecule has 0 unspecified atom stereocenters. The molecule has 0 fully saturated rings. The highest BCUT2D eigenvalue weighted by Gasteiger charge is 2.59. The number of carbonyl (C=O) groups excluding carboxylic acids is 2. The highest BCUT2D eigenvalue weighted by Crippen LogP contribution is 2.53. The van der Waals surface area contributed by atoms with Crippen molar-refractivity contribution >= 4 is 11.9 Å². The van der Waals surface area contributed by atoms with E-state index >= 15 is 0 Å². The summed E-state index contributed by atoms with van der Waals surface area (Å²) in [6.07, 6.45) is 8.29. The summed E-state index contributed by atoms with van der Waals surface area (Å²) >= 11 is 0. The molecular formula is C17H22O4. The first-order chi connectivity index (χ1) is 10.0. The first-order valence-electron chi connectivity index (χ1n) is 7.27. The fourth-order valence-electron chi connectivity index (χ4n) is 3.50. The summed E-state index contributed by atoms with van der Waals surface area (Å²) < 4.78 is 9.87. The Morgan fingerprint density at radius 2 is 1.95 bits per heavy atom. The van der Waals surface area contributed by atoms with Crippen molar-refractivity contribution in [2.45, 2.75) is 26.2 Å². The quantitative estimate of drug-likeness (QED) is 0.454. The topological polar surface area (TPSA) is 52.6 Å². The Labute approximate surface area is 125 Å². The van der Waals surface area contributed by atoms with Crippen molar-refractivity contribution in [3.8, 4) is 0 Å². The highest BCUT2D eigenvalue weighted by molar-refractivity contribution is 6.04. The number of fused-ring (bicyclic) bond motifs is 1. The lowest BCUT2D eigenvalue weighted by atomic mass is 9.69. The summed E-state index contributed by atoms with van der Waals surface area (Å²) in [5, 5.41) is 0. The number of rotatable bonds is 4. The minimum absolute atomic E-state index is 0.0319. The van der Waals surface area contributed by atoms with Crippen LogP contribution >= 0.6 is 0 Å². The Balaban J connectivity index is 2.60.